The van der Waals surface area contributed by atoms with Gasteiger partial charge in [0.15, 0.2) is 28.5 Å². The van der Waals surface area contributed by atoms with Crippen molar-refractivity contribution >= 4 is 34.6 Å². The number of aromatic amines is 1. The van der Waals surface area contributed by atoms with Gasteiger partial charge in [0.25, 0.3) is 0 Å². The number of hydrogen-bond acceptors (Lipinski definition) is 14. The van der Waals surface area contributed by atoms with Crippen molar-refractivity contribution in [1.82, 2.24) is 20.1 Å². The number of aryl methyl sites for hydroxylation is 2. The van der Waals surface area contributed by atoms with E-state index < -0.39 is 52.9 Å². The maximum atomic E-state index is 15.1. The van der Waals surface area contributed by atoms with Crippen molar-refractivity contribution in [3.05, 3.63) is 74.5 Å². The molecule has 8 heterocycles. The largest absolute Gasteiger partial charge is 0.504 e. The highest BCUT2D eigenvalue weighted by Crippen LogP contribution is 2.64. The van der Waals surface area contributed by atoms with Crippen molar-refractivity contribution in [3.8, 4) is 34.8 Å². The molecular formula is C43H45N5O9S. The summed E-state index contributed by atoms with van der Waals surface area (Å²) in [6.07, 6.45) is 0.983. The molecule has 3 aromatic carbocycles. The SMILES string of the molecule is COc1c(C)cc2c(c1O)[C@@H]1[C@@H]3[C@@H]4SC[C@]5(N[C@@H](CO)Cc6c5[nH]c5ccc(C)cc65)C(=O)OC[C@@H](c5c6c(c(C)c(OC(C)=O)c54)OCO6)N3[C@@H](C#N)[C@H](C2)N1C. The van der Waals surface area contributed by atoms with Crippen LogP contribution >= 0.6 is 11.8 Å². The van der Waals surface area contributed by atoms with Crippen LogP contribution in [0.4, 0.5) is 0 Å². The number of hydrogen-bond donors (Lipinski definition) is 4. The molecule has 0 unspecified atom stereocenters. The number of phenolic OH excluding ortho intramolecular Hbond substituents is 1. The number of carbonyl (C=O) groups excluding carboxylic acids is 2. The zero-order valence-corrected chi connectivity index (χ0v) is 33.9. The molecule has 0 amide bonds. The van der Waals surface area contributed by atoms with E-state index >= 15 is 4.79 Å². The van der Waals surface area contributed by atoms with Crippen LogP contribution in [0.25, 0.3) is 10.9 Å². The summed E-state index contributed by atoms with van der Waals surface area (Å²) in [5.74, 6) is 0.761. The molecule has 7 aliphatic rings. The average Bonchev–Trinajstić information content (AvgIpc) is 3.83. The van der Waals surface area contributed by atoms with Crippen LogP contribution in [0, 0.1) is 32.1 Å². The number of nitrogens with zero attached hydrogens (tertiary/aromatic N) is 3. The summed E-state index contributed by atoms with van der Waals surface area (Å²) < 4.78 is 30.8. The van der Waals surface area contributed by atoms with Gasteiger partial charge in [0.1, 0.15) is 18.4 Å². The predicted molar refractivity (Wildman–Crippen MR) is 212 cm³/mol. The molecule has 1 aromatic heterocycles. The van der Waals surface area contributed by atoms with E-state index in [0.29, 0.717) is 63.8 Å². The molecule has 4 bridgehead atoms. The lowest BCUT2D eigenvalue weighted by molar-refractivity contribution is -0.158. The molecule has 0 radical (unpaired) electrons. The van der Waals surface area contributed by atoms with Crippen LogP contribution in [0.1, 0.15) is 74.5 Å². The van der Waals surface area contributed by atoms with Gasteiger partial charge in [0.05, 0.1) is 42.8 Å². The van der Waals surface area contributed by atoms with Gasteiger partial charge in [-0.1, -0.05) is 17.7 Å². The monoisotopic (exact) mass is 807 g/mol. The lowest BCUT2D eigenvalue weighted by atomic mass is 9.71. The van der Waals surface area contributed by atoms with Crippen molar-refractivity contribution in [3.63, 3.8) is 0 Å². The summed E-state index contributed by atoms with van der Waals surface area (Å²) in [5.41, 5.74) is 6.50. The quantitative estimate of drug-likeness (QED) is 0.169. The highest BCUT2D eigenvalue weighted by molar-refractivity contribution is 7.99. The number of piperazine rings is 1. The number of nitrogens with one attached hydrogen (secondary N) is 2. The number of methoxy groups -OCH3 is 1. The standard InChI is InChI=1S/C43H45N5O9S/c1-18-7-8-26-24(9-18)25-12-23(14-49)46-43(41(25)45-26)16-58-40-32-31(39-38(55-17-56-39)20(3)37(32)57-21(4)50)29(15-54-42(43)52)48-28(13-44)27-11-22-10-19(2)36(53-6)35(51)30(22)33(34(40)48)47(27)5/h7-10,23,27-29,33-34,40,45-46,49,51H,11-12,14-17H2,1-6H3/t23-,27+,28+,29+,33-,34-,40-,43-/m1/s1. The second kappa shape index (κ2) is 13.3. The first-order valence-corrected chi connectivity index (χ1v) is 20.7. The van der Waals surface area contributed by atoms with Gasteiger partial charge in [-0.25, -0.2) is 4.79 Å². The second-order valence-corrected chi connectivity index (χ2v) is 17.6. The highest BCUT2D eigenvalue weighted by atomic mass is 32.2. The fraction of sp³-hybridized carbons (Fsp3) is 0.465. The van der Waals surface area contributed by atoms with Crippen LogP contribution in [-0.2, 0) is 32.7 Å². The minimum atomic E-state index is -1.43. The van der Waals surface area contributed by atoms with Crippen molar-refractivity contribution in [2.75, 3.05) is 39.9 Å². The molecule has 11 rings (SSSR count). The number of thioether (sulfide) groups is 1. The van der Waals surface area contributed by atoms with Gasteiger partial charge in [0, 0.05) is 64.0 Å². The summed E-state index contributed by atoms with van der Waals surface area (Å²) in [4.78, 5) is 36.0. The van der Waals surface area contributed by atoms with E-state index in [1.165, 1.54) is 18.7 Å². The molecule has 7 aliphatic heterocycles. The van der Waals surface area contributed by atoms with E-state index in [-0.39, 0.29) is 37.6 Å². The molecule has 0 saturated carbocycles. The highest BCUT2D eigenvalue weighted by Gasteiger charge is 2.62. The van der Waals surface area contributed by atoms with E-state index in [9.17, 15) is 20.3 Å². The maximum Gasteiger partial charge on any atom is 0.333 e. The van der Waals surface area contributed by atoms with Gasteiger partial charge in [-0.05, 0) is 69.5 Å². The zero-order valence-electron chi connectivity index (χ0n) is 33.1. The number of fused-ring (bicyclic) bond motifs is 11. The normalized spacial score (nSPS) is 29.6. The first-order chi connectivity index (χ1) is 27.9. The lowest BCUT2D eigenvalue weighted by Gasteiger charge is -2.62. The van der Waals surface area contributed by atoms with Crippen LogP contribution in [0.5, 0.6) is 28.7 Å². The molecule has 1 spiro atoms. The average molecular weight is 808 g/mol. The summed E-state index contributed by atoms with van der Waals surface area (Å²) in [6.45, 7) is 6.67. The first-order valence-electron chi connectivity index (χ1n) is 19.6. The number of aliphatic hydroxyl groups excluding tert-OH is 1. The van der Waals surface area contributed by atoms with Crippen molar-refractivity contribution < 1.29 is 43.5 Å². The fourth-order valence-electron chi connectivity index (χ4n) is 11.0. The zero-order chi connectivity index (χ0) is 40.5. The molecule has 58 heavy (non-hydrogen) atoms. The Morgan fingerprint density at radius 1 is 1.10 bits per heavy atom. The number of aliphatic hydroxyl groups is 1. The number of benzene rings is 3. The number of aromatic nitrogens is 1. The molecular weight excluding hydrogens is 763 g/mol. The number of phenols is 1. The molecule has 4 aromatic rings. The first kappa shape index (κ1) is 37.3. The number of ether oxygens (including phenoxy) is 5. The molecule has 15 heteroatoms. The molecule has 14 nitrogen and oxygen atoms in total. The Morgan fingerprint density at radius 3 is 2.64 bits per heavy atom. The van der Waals surface area contributed by atoms with Crippen LogP contribution in [0.3, 0.4) is 0 Å². The molecule has 4 N–H and O–H groups in total. The number of H-pyrrole nitrogens is 1. The number of likely N-dealkylation sites (N-methyl/N-ethyl adjacent to an activating group) is 1. The Balaban J connectivity index is 1.26. The van der Waals surface area contributed by atoms with E-state index in [4.69, 9.17) is 23.7 Å². The Bertz CT molecular complexity index is 2500. The summed E-state index contributed by atoms with van der Waals surface area (Å²) in [6, 6.07) is 7.60. The minimum Gasteiger partial charge on any atom is -0.504 e. The van der Waals surface area contributed by atoms with Gasteiger partial charge in [-0.15, -0.1) is 11.8 Å². The van der Waals surface area contributed by atoms with Crippen LogP contribution < -0.4 is 24.3 Å². The van der Waals surface area contributed by atoms with Crippen molar-refractivity contribution in [2.24, 2.45) is 0 Å². The summed E-state index contributed by atoms with van der Waals surface area (Å²) >= 11 is 1.49. The Kier molecular flexibility index (Phi) is 8.53. The van der Waals surface area contributed by atoms with Gasteiger partial charge >= 0.3 is 11.9 Å². The van der Waals surface area contributed by atoms with Crippen LogP contribution in [0.2, 0.25) is 0 Å². The van der Waals surface area contributed by atoms with Gasteiger partial charge < -0.3 is 38.9 Å². The summed E-state index contributed by atoms with van der Waals surface area (Å²) in [7, 11) is 3.54. The molecule has 0 aliphatic carbocycles. The van der Waals surface area contributed by atoms with Gasteiger partial charge in [0.2, 0.25) is 6.79 Å². The molecule has 302 valence electrons. The fourth-order valence-corrected chi connectivity index (χ4v) is 12.7. The minimum absolute atomic E-state index is 0.0454. The van der Waals surface area contributed by atoms with E-state index in [2.05, 4.69) is 32.2 Å². The Hall–Kier alpha value is -4.98. The number of esters is 2. The third-order valence-corrected chi connectivity index (χ3v) is 14.8. The smallest absolute Gasteiger partial charge is 0.333 e. The lowest BCUT2D eigenvalue weighted by Crippen LogP contribution is -2.69. The number of carbonyl (C=O) groups is 2. The van der Waals surface area contributed by atoms with Crippen molar-refractivity contribution in [1.29, 1.82) is 5.26 Å². The number of rotatable bonds is 3. The second-order valence-electron chi connectivity index (χ2n) is 16.5. The molecule has 2 saturated heterocycles. The molecule has 8 atom stereocenters. The number of nitriles is 1. The maximum absolute atomic E-state index is 15.1. The van der Waals surface area contributed by atoms with E-state index in [0.717, 1.165) is 33.2 Å². The van der Waals surface area contributed by atoms with Crippen molar-refractivity contribution in [2.45, 2.75) is 87.6 Å². The van der Waals surface area contributed by atoms with Crippen LogP contribution in [-0.4, -0.2) is 101 Å². The third kappa shape index (κ3) is 4.99. The van der Waals surface area contributed by atoms with Gasteiger partial charge in [-0.2, -0.15) is 5.26 Å². The Morgan fingerprint density at radius 2 is 1.90 bits per heavy atom. The predicted octanol–water partition coefficient (Wildman–Crippen LogP) is 4.42. The topological polar surface area (TPSA) is 179 Å². The van der Waals surface area contributed by atoms with E-state index in [1.54, 1.807) is 7.11 Å². The Labute approximate surface area is 339 Å². The summed E-state index contributed by atoms with van der Waals surface area (Å²) in [5, 5.41) is 38.0. The molecule has 2 fully saturated rings. The van der Waals surface area contributed by atoms with E-state index in [1.807, 2.05) is 46.0 Å². The number of aromatic hydroxyl groups is 1. The van der Waals surface area contributed by atoms with Crippen LogP contribution in [0.15, 0.2) is 24.3 Å². The third-order valence-electron chi connectivity index (χ3n) is 13.4. The van der Waals surface area contributed by atoms with Gasteiger partial charge in [-0.3, -0.25) is 19.9 Å².